The van der Waals surface area contributed by atoms with Gasteiger partial charge in [0.2, 0.25) is 0 Å². The summed E-state index contributed by atoms with van der Waals surface area (Å²) in [6.45, 7) is 0. The molecule has 54 valence electrons. The van der Waals surface area contributed by atoms with E-state index in [-0.39, 0.29) is 5.82 Å². The molecular weight excluding hydrogens is 238 g/mol. The summed E-state index contributed by atoms with van der Waals surface area (Å²) in [6.07, 6.45) is 0. The van der Waals surface area contributed by atoms with E-state index in [4.69, 9.17) is 10.7 Å². The highest BCUT2D eigenvalue weighted by Crippen LogP contribution is 2.30. The van der Waals surface area contributed by atoms with Crippen molar-refractivity contribution in [3.8, 4) is 0 Å². The number of hydrogen-bond donors (Lipinski definition) is 0. The normalized spacial score (nSPS) is 9.90. The van der Waals surface area contributed by atoms with E-state index >= 15 is 0 Å². The molecule has 0 radical (unpaired) electrons. The number of rotatable bonds is 1. The van der Waals surface area contributed by atoms with Crippen LogP contribution in [0.3, 0.4) is 0 Å². The van der Waals surface area contributed by atoms with Crippen LogP contribution in [0.2, 0.25) is 0 Å². The number of hydrogen-bond acceptors (Lipinski definition) is 1. The Morgan fingerprint density at radius 2 is 2.20 bits per heavy atom. The fourth-order valence-corrected chi connectivity index (χ4v) is 1.99. The van der Waals surface area contributed by atoms with E-state index in [2.05, 4.69) is 15.9 Å². The topological polar surface area (TPSA) is 0 Å². The van der Waals surface area contributed by atoms with Crippen molar-refractivity contribution in [2.75, 3.05) is 0 Å². The van der Waals surface area contributed by atoms with Gasteiger partial charge in [0.05, 0.1) is 0 Å². The highest BCUT2D eigenvalue weighted by atomic mass is 79.9. The zero-order valence-corrected chi connectivity index (χ0v) is 7.93. The fourth-order valence-electron chi connectivity index (χ4n) is 0.536. The minimum Gasteiger partial charge on any atom is -0.207 e. The Labute approximate surface area is 75.4 Å². The molecule has 0 amide bonds. The summed E-state index contributed by atoms with van der Waals surface area (Å²) >= 11 is 3.22. The third kappa shape index (κ3) is 1.87. The van der Waals surface area contributed by atoms with Gasteiger partial charge in [-0.2, -0.15) is 0 Å². The smallest absolute Gasteiger partial charge is 0.124 e. The molecule has 0 saturated heterocycles. The van der Waals surface area contributed by atoms with Crippen LogP contribution in [0.4, 0.5) is 4.39 Å². The van der Waals surface area contributed by atoms with Crippen LogP contribution < -0.4 is 0 Å². The largest absolute Gasteiger partial charge is 0.207 e. The van der Waals surface area contributed by atoms with Gasteiger partial charge in [0.25, 0.3) is 0 Å². The Morgan fingerprint density at radius 1 is 1.50 bits per heavy atom. The summed E-state index contributed by atoms with van der Waals surface area (Å²) in [5.74, 6) is -0.272. The highest BCUT2D eigenvalue weighted by molar-refractivity contribution is 9.10. The Kier molecular flexibility index (Phi) is 3.01. The molecule has 0 fully saturated rings. The van der Waals surface area contributed by atoms with E-state index in [9.17, 15) is 4.39 Å². The second-order valence-electron chi connectivity index (χ2n) is 1.65. The first-order chi connectivity index (χ1) is 4.74. The van der Waals surface area contributed by atoms with Crippen molar-refractivity contribution in [2.45, 2.75) is 4.90 Å². The third-order valence-corrected chi connectivity index (χ3v) is 2.93. The predicted molar refractivity (Wildman–Crippen MR) is 45.8 cm³/mol. The van der Waals surface area contributed by atoms with Crippen molar-refractivity contribution in [3.05, 3.63) is 28.5 Å². The molecule has 0 N–H and O–H groups in total. The first-order valence-corrected chi connectivity index (χ1v) is 4.91. The van der Waals surface area contributed by atoms with Crippen LogP contribution in [0.5, 0.6) is 0 Å². The molecule has 0 saturated carbocycles. The van der Waals surface area contributed by atoms with Gasteiger partial charge in [0, 0.05) is 9.37 Å². The van der Waals surface area contributed by atoms with Crippen molar-refractivity contribution in [1.82, 2.24) is 0 Å². The van der Waals surface area contributed by atoms with Gasteiger partial charge < -0.3 is 0 Å². The lowest BCUT2D eigenvalue weighted by atomic mass is 10.3. The minimum absolute atomic E-state index is 0.272. The van der Waals surface area contributed by atoms with Crippen LogP contribution in [0.15, 0.2) is 27.6 Å². The highest BCUT2D eigenvalue weighted by Gasteiger charge is 1.99. The van der Waals surface area contributed by atoms with Gasteiger partial charge in [-0.3, -0.25) is 0 Å². The van der Waals surface area contributed by atoms with Crippen LogP contribution >= 0.6 is 37.6 Å². The van der Waals surface area contributed by atoms with Gasteiger partial charge in [0.15, 0.2) is 0 Å². The summed E-state index contributed by atoms with van der Waals surface area (Å²) in [5.41, 5.74) is 0. The van der Waals surface area contributed by atoms with Gasteiger partial charge in [-0.15, -0.1) is 0 Å². The lowest BCUT2D eigenvalue weighted by Crippen LogP contribution is -1.74. The zero-order valence-electron chi connectivity index (χ0n) is 4.77. The minimum atomic E-state index is -0.272. The molecule has 0 aliphatic heterocycles. The Bertz CT molecular complexity index is 241. The van der Waals surface area contributed by atoms with Crippen LogP contribution in [-0.2, 0) is 0 Å². The van der Waals surface area contributed by atoms with Crippen molar-refractivity contribution < 1.29 is 4.39 Å². The maximum absolute atomic E-state index is 12.4. The maximum atomic E-state index is 12.4. The molecule has 1 rings (SSSR count). The molecule has 0 heterocycles. The molecule has 0 aliphatic carbocycles. The lowest BCUT2D eigenvalue weighted by Gasteiger charge is -1.96. The average Bonchev–Trinajstić information content (AvgIpc) is 1.94. The van der Waals surface area contributed by atoms with Crippen molar-refractivity contribution in [2.24, 2.45) is 0 Å². The van der Waals surface area contributed by atoms with Crippen LogP contribution in [0.1, 0.15) is 0 Å². The van der Waals surface area contributed by atoms with Gasteiger partial charge in [0.1, 0.15) is 5.82 Å². The molecule has 0 nitrogen and oxygen atoms in total. The van der Waals surface area contributed by atoms with Crippen molar-refractivity contribution in [3.63, 3.8) is 0 Å². The molecule has 0 bridgehead atoms. The number of benzene rings is 1. The quantitative estimate of drug-likeness (QED) is 0.720. The maximum Gasteiger partial charge on any atom is 0.124 e. The summed E-state index contributed by atoms with van der Waals surface area (Å²) < 4.78 is 13.3. The standard InChI is InChI=1S/C6H3BrClFS/c7-5-2-1-4(9)3-6(5)10-8/h1-3H. The predicted octanol–water partition coefficient (Wildman–Crippen LogP) is 3.83. The lowest BCUT2D eigenvalue weighted by molar-refractivity contribution is 0.624. The Morgan fingerprint density at radius 3 is 2.70 bits per heavy atom. The number of halogens is 3. The molecule has 10 heavy (non-hydrogen) atoms. The Balaban J connectivity index is 3.09. The molecule has 0 aliphatic rings. The van der Waals surface area contributed by atoms with Crippen LogP contribution in [0, 0.1) is 5.82 Å². The molecule has 0 atom stereocenters. The van der Waals surface area contributed by atoms with Gasteiger partial charge in [-0.05, 0) is 55.8 Å². The first kappa shape index (κ1) is 8.37. The second kappa shape index (κ2) is 3.60. The third-order valence-electron chi connectivity index (χ3n) is 0.976. The monoisotopic (exact) mass is 240 g/mol. The summed E-state index contributed by atoms with van der Waals surface area (Å²) in [6, 6.07) is 4.38. The average molecular weight is 242 g/mol. The second-order valence-corrected chi connectivity index (χ2v) is 3.56. The molecule has 0 aromatic heterocycles. The summed E-state index contributed by atoms with van der Waals surface area (Å²) in [5, 5.41) is 0. The van der Waals surface area contributed by atoms with E-state index < -0.39 is 0 Å². The molecule has 1 aromatic carbocycles. The first-order valence-electron chi connectivity index (χ1n) is 2.47. The van der Waals surface area contributed by atoms with Gasteiger partial charge >= 0.3 is 0 Å². The van der Waals surface area contributed by atoms with Gasteiger partial charge in [-0.1, -0.05) is 0 Å². The van der Waals surface area contributed by atoms with E-state index in [1.807, 2.05) is 0 Å². The van der Waals surface area contributed by atoms with E-state index in [0.717, 1.165) is 15.4 Å². The summed E-state index contributed by atoms with van der Waals surface area (Å²) in [7, 11) is 6.42. The zero-order chi connectivity index (χ0) is 7.56. The Hall–Kier alpha value is 0.270. The molecular formula is C6H3BrClFS. The summed E-state index contributed by atoms with van der Waals surface area (Å²) in [4.78, 5) is 0.696. The molecule has 1 aromatic rings. The molecule has 4 heteroatoms. The van der Waals surface area contributed by atoms with Crippen molar-refractivity contribution in [1.29, 1.82) is 0 Å². The van der Waals surface area contributed by atoms with Gasteiger partial charge in [-0.25, -0.2) is 4.39 Å². The molecule has 0 spiro atoms. The SMILES string of the molecule is Fc1ccc(Br)c(SCl)c1. The fraction of sp³-hybridized carbons (Fsp3) is 0. The van der Waals surface area contributed by atoms with Crippen LogP contribution in [-0.4, -0.2) is 0 Å². The van der Waals surface area contributed by atoms with E-state index in [0.29, 0.717) is 4.90 Å². The van der Waals surface area contributed by atoms with Crippen molar-refractivity contribution >= 4 is 37.6 Å². The van der Waals surface area contributed by atoms with E-state index in [1.165, 1.54) is 12.1 Å². The van der Waals surface area contributed by atoms with E-state index in [1.54, 1.807) is 6.07 Å². The molecule has 0 unspecified atom stereocenters. The van der Waals surface area contributed by atoms with Crippen LogP contribution in [0.25, 0.3) is 0 Å².